The molecule has 2 heterocycles. The number of aromatic nitrogens is 2. The normalized spacial score (nSPS) is 20.3. The highest BCUT2D eigenvalue weighted by atomic mass is 16.1. The molecule has 0 saturated carbocycles. The largest absolute Gasteiger partial charge is 0.312 e. The number of aromatic amines is 1. The third-order valence-corrected chi connectivity index (χ3v) is 4.14. The molecular formula is C15H15N3O. The first-order valence-electron chi connectivity index (χ1n) is 6.73. The fourth-order valence-corrected chi connectivity index (χ4v) is 3.04. The van der Waals surface area contributed by atoms with E-state index < -0.39 is 0 Å². The van der Waals surface area contributed by atoms with Gasteiger partial charge in [0.05, 0.1) is 11.3 Å². The van der Waals surface area contributed by atoms with E-state index in [4.69, 9.17) is 4.98 Å². The standard InChI is InChI=1S/C15H15N3O/c19-15-12-8-16-6-5-13(12)17-14(18-15)11-7-9-3-1-2-4-10(9)11/h1-4,11,16H,5-8H2,(H,17,18,19). The zero-order valence-corrected chi connectivity index (χ0v) is 10.6. The lowest BCUT2D eigenvalue weighted by Crippen LogP contribution is -2.33. The third-order valence-electron chi connectivity index (χ3n) is 4.14. The lowest BCUT2D eigenvalue weighted by atomic mass is 9.77. The minimum Gasteiger partial charge on any atom is -0.312 e. The van der Waals surface area contributed by atoms with Gasteiger partial charge < -0.3 is 10.3 Å². The van der Waals surface area contributed by atoms with Gasteiger partial charge in [-0.2, -0.15) is 0 Å². The third kappa shape index (κ3) is 1.64. The van der Waals surface area contributed by atoms with E-state index in [1.165, 1.54) is 11.1 Å². The number of hydrogen-bond acceptors (Lipinski definition) is 3. The van der Waals surface area contributed by atoms with Crippen LogP contribution in [-0.2, 0) is 19.4 Å². The van der Waals surface area contributed by atoms with Crippen LogP contribution >= 0.6 is 0 Å². The van der Waals surface area contributed by atoms with Crippen LogP contribution in [0.15, 0.2) is 29.1 Å². The summed E-state index contributed by atoms with van der Waals surface area (Å²) in [5.41, 5.74) is 4.48. The summed E-state index contributed by atoms with van der Waals surface area (Å²) in [6.07, 6.45) is 1.83. The summed E-state index contributed by atoms with van der Waals surface area (Å²) in [7, 11) is 0. The first-order valence-corrected chi connectivity index (χ1v) is 6.73. The fourth-order valence-electron chi connectivity index (χ4n) is 3.04. The van der Waals surface area contributed by atoms with Gasteiger partial charge in [-0.1, -0.05) is 24.3 Å². The second kappa shape index (κ2) is 4.03. The Morgan fingerprint density at radius 1 is 1.26 bits per heavy atom. The van der Waals surface area contributed by atoms with Gasteiger partial charge in [0.15, 0.2) is 0 Å². The molecule has 1 aromatic carbocycles. The highest BCUT2D eigenvalue weighted by Gasteiger charge is 2.30. The Balaban J connectivity index is 1.78. The molecule has 4 heteroatoms. The first-order chi connectivity index (χ1) is 9.33. The van der Waals surface area contributed by atoms with Gasteiger partial charge in [-0.05, 0) is 17.5 Å². The Labute approximate surface area is 110 Å². The summed E-state index contributed by atoms with van der Waals surface area (Å²) in [6.45, 7) is 1.54. The Morgan fingerprint density at radius 2 is 2.16 bits per heavy atom. The molecular weight excluding hydrogens is 238 g/mol. The van der Waals surface area contributed by atoms with Gasteiger partial charge in [0.25, 0.3) is 5.56 Å². The van der Waals surface area contributed by atoms with E-state index in [9.17, 15) is 4.79 Å². The maximum absolute atomic E-state index is 12.1. The molecule has 96 valence electrons. The van der Waals surface area contributed by atoms with Gasteiger partial charge in [-0.3, -0.25) is 4.79 Å². The monoisotopic (exact) mass is 253 g/mol. The van der Waals surface area contributed by atoms with Gasteiger partial charge >= 0.3 is 0 Å². The van der Waals surface area contributed by atoms with Crippen LogP contribution in [0.4, 0.5) is 0 Å². The average molecular weight is 253 g/mol. The second-order valence-electron chi connectivity index (χ2n) is 5.26. The first kappa shape index (κ1) is 10.9. The molecule has 0 saturated heterocycles. The van der Waals surface area contributed by atoms with Crippen LogP contribution in [0, 0.1) is 0 Å². The fraction of sp³-hybridized carbons (Fsp3) is 0.333. The molecule has 0 radical (unpaired) electrons. The van der Waals surface area contributed by atoms with Crippen LogP contribution in [-0.4, -0.2) is 16.5 Å². The number of hydrogen-bond donors (Lipinski definition) is 2. The molecule has 0 fully saturated rings. The number of benzene rings is 1. The van der Waals surface area contributed by atoms with Crippen molar-refractivity contribution in [1.29, 1.82) is 0 Å². The highest BCUT2D eigenvalue weighted by molar-refractivity contribution is 5.44. The van der Waals surface area contributed by atoms with Gasteiger partial charge in [0.1, 0.15) is 5.82 Å². The van der Waals surface area contributed by atoms with Gasteiger partial charge in [-0.25, -0.2) is 4.98 Å². The Hall–Kier alpha value is -1.94. The predicted octanol–water partition coefficient (Wildman–Crippen LogP) is 1.10. The van der Waals surface area contributed by atoms with Gasteiger partial charge in [0, 0.05) is 25.4 Å². The molecule has 4 rings (SSSR count). The minimum atomic E-state index is 0.0246. The summed E-state index contributed by atoms with van der Waals surface area (Å²) in [5, 5.41) is 3.21. The average Bonchev–Trinajstić information content (AvgIpc) is 2.40. The Morgan fingerprint density at radius 3 is 3.05 bits per heavy atom. The second-order valence-corrected chi connectivity index (χ2v) is 5.26. The maximum atomic E-state index is 12.1. The van der Waals surface area contributed by atoms with Crippen molar-refractivity contribution in [2.24, 2.45) is 0 Å². The molecule has 1 atom stereocenters. The zero-order chi connectivity index (χ0) is 12.8. The molecule has 0 amide bonds. The van der Waals surface area contributed by atoms with Crippen molar-refractivity contribution in [3.8, 4) is 0 Å². The smallest absolute Gasteiger partial charge is 0.255 e. The zero-order valence-electron chi connectivity index (χ0n) is 10.6. The predicted molar refractivity (Wildman–Crippen MR) is 72.3 cm³/mol. The molecule has 1 aliphatic carbocycles. The summed E-state index contributed by atoms with van der Waals surface area (Å²) >= 11 is 0. The van der Waals surface area contributed by atoms with E-state index in [1.807, 2.05) is 6.07 Å². The minimum absolute atomic E-state index is 0.0246. The van der Waals surface area contributed by atoms with Crippen molar-refractivity contribution >= 4 is 0 Å². The molecule has 0 spiro atoms. The van der Waals surface area contributed by atoms with Crippen molar-refractivity contribution in [3.05, 3.63) is 62.8 Å². The number of nitrogens with one attached hydrogen (secondary N) is 2. The number of H-pyrrole nitrogens is 1. The summed E-state index contributed by atoms with van der Waals surface area (Å²) in [4.78, 5) is 19.8. The van der Waals surface area contributed by atoms with Gasteiger partial charge in [-0.15, -0.1) is 0 Å². The molecule has 19 heavy (non-hydrogen) atoms. The number of rotatable bonds is 1. The van der Waals surface area contributed by atoms with E-state index in [0.717, 1.165) is 36.5 Å². The van der Waals surface area contributed by atoms with Crippen molar-refractivity contribution in [2.45, 2.75) is 25.3 Å². The molecule has 4 nitrogen and oxygen atoms in total. The Kier molecular flexibility index (Phi) is 2.32. The van der Waals surface area contributed by atoms with Crippen LogP contribution < -0.4 is 10.9 Å². The lowest BCUT2D eigenvalue weighted by Gasteiger charge is -2.30. The molecule has 1 aromatic heterocycles. The van der Waals surface area contributed by atoms with Crippen molar-refractivity contribution in [2.75, 3.05) is 6.54 Å². The summed E-state index contributed by atoms with van der Waals surface area (Å²) in [6, 6.07) is 8.38. The summed E-state index contributed by atoms with van der Waals surface area (Å²) in [5.74, 6) is 1.11. The SMILES string of the molecule is O=c1[nH]c(C2Cc3ccccc32)nc2c1CNCC2. The summed E-state index contributed by atoms with van der Waals surface area (Å²) < 4.78 is 0. The van der Waals surface area contributed by atoms with E-state index in [-0.39, 0.29) is 11.5 Å². The quantitative estimate of drug-likeness (QED) is 0.800. The van der Waals surface area contributed by atoms with E-state index in [2.05, 4.69) is 28.5 Å². The van der Waals surface area contributed by atoms with E-state index >= 15 is 0 Å². The van der Waals surface area contributed by atoms with Crippen molar-refractivity contribution in [1.82, 2.24) is 15.3 Å². The van der Waals surface area contributed by atoms with Crippen LogP contribution in [0.3, 0.4) is 0 Å². The highest BCUT2D eigenvalue weighted by Crippen LogP contribution is 2.38. The van der Waals surface area contributed by atoms with E-state index in [1.54, 1.807) is 0 Å². The van der Waals surface area contributed by atoms with Crippen LogP contribution in [0.1, 0.15) is 34.1 Å². The van der Waals surface area contributed by atoms with Crippen LogP contribution in [0.25, 0.3) is 0 Å². The molecule has 2 aliphatic rings. The maximum Gasteiger partial charge on any atom is 0.255 e. The molecule has 1 aliphatic heterocycles. The topological polar surface area (TPSA) is 57.8 Å². The van der Waals surface area contributed by atoms with Crippen molar-refractivity contribution in [3.63, 3.8) is 0 Å². The Bertz CT molecular complexity index is 705. The molecule has 0 bridgehead atoms. The number of fused-ring (bicyclic) bond motifs is 2. The van der Waals surface area contributed by atoms with Gasteiger partial charge in [0.2, 0.25) is 0 Å². The molecule has 2 N–H and O–H groups in total. The van der Waals surface area contributed by atoms with Crippen LogP contribution in [0.2, 0.25) is 0 Å². The van der Waals surface area contributed by atoms with E-state index in [0.29, 0.717) is 6.54 Å². The lowest BCUT2D eigenvalue weighted by molar-refractivity contribution is 0.593. The molecule has 2 aromatic rings. The van der Waals surface area contributed by atoms with Crippen LogP contribution in [0.5, 0.6) is 0 Å². The molecule has 1 unspecified atom stereocenters. The van der Waals surface area contributed by atoms with Crippen molar-refractivity contribution < 1.29 is 0 Å². The number of nitrogens with zero attached hydrogens (tertiary/aromatic N) is 1.